The summed E-state index contributed by atoms with van der Waals surface area (Å²) in [6.45, 7) is 2.91. The number of nitrogens with zero attached hydrogens (tertiary/aromatic N) is 1. The second-order valence-corrected chi connectivity index (χ2v) is 1.77. The van der Waals surface area contributed by atoms with Gasteiger partial charge in [0.1, 0.15) is 0 Å². The third-order valence-electron chi connectivity index (χ3n) is 0.940. The largest absolute Gasteiger partial charge is 0.370 e. The van der Waals surface area contributed by atoms with Gasteiger partial charge in [0.05, 0.1) is 12.9 Å². The zero-order valence-electron chi connectivity index (χ0n) is 4.65. The predicted octanol–water partition coefficient (Wildman–Crippen LogP) is 0.143. The van der Waals surface area contributed by atoms with Crippen molar-refractivity contribution in [1.82, 2.24) is 10.2 Å². The van der Waals surface area contributed by atoms with Crippen molar-refractivity contribution >= 4 is 0 Å². The maximum atomic E-state index is 3.10. The highest BCUT2D eigenvalue weighted by atomic mass is 15.2. The molecule has 0 unspecified atom stereocenters. The van der Waals surface area contributed by atoms with Gasteiger partial charge in [-0.15, -0.1) is 0 Å². The summed E-state index contributed by atoms with van der Waals surface area (Å²) < 4.78 is 0. The first kappa shape index (κ1) is 4.50. The van der Waals surface area contributed by atoms with E-state index in [-0.39, 0.29) is 0 Å². The molecule has 2 nitrogen and oxygen atoms in total. The summed E-state index contributed by atoms with van der Waals surface area (Å²) in [6.07, 6.45) is 3.06. The van der Waals surface area contributed by atoms with E-state index in [1.807, 2.05) is 18.9 Å². The fourth-order valence-corrected chi connectivity index (χ4v) is 0.603. The molecule has 0 fully saturated rings. The standard InChI is InChI=1S/C5H9N2/c1-5-3-7(2)4-6-5/h6H,4H2,1-2H3. The van der Waals surface area contributed by atoms with Crippen molar-refractivity contribution < 1.29 is 0 Å². The second kappa shape index (κ2) is 1.45. The van der Waals surface area contributed by atoms with Crippen molar-refractivity contribution in [3.05, 3.63) is 11.9 Å². The number of nitrogens with one attached hydrogen (secondary N) is 1. The summed E-state index contributed by atoms with van der Waals surface area (Å²) in [4.78, 5) is 1.98. The Bertz CT molecular complexity index is 96.3. The smallest absolute Gasteiger partial charge is 0.0872 e. The van der Waals surface area contributed by atoms with Gasteiger partial charge in [-0.1, -0.05) is 0 Å². The van der Waals surface area contributed by atoms with E-state index < -0.39 is 0 Å². The first-order valence-corrected chi connectivity index (χ1v) is 2.34. The maximum Gasteiger partial charge on any atom is 0.0872 e. The minimum Gasteiger partial charge on any atom is -0.370 e. The third-order valence-corrected chi connectivity index (χ3v) is 0.940. The van der Waals surface area contributed by atoms with Gasteiger partial charge in [-0.25, -0.2) is 0 Å². The fraction of sp³-hybridized carbons (Fsp3) is 0.600. The van der Waals surface area contributed by atoms with Gasteiger partial charge in [-0.05, 0) is 6.92 Å². The van der Waals surface area contributed by atoms with Gasteiger partial charge in [0.25, 0.3) is 0 Å². The average molecular weight is 97.1 g/mol. The molecule has 0 saturated carbocycles. The molecule has 0 atom stereocenters. The van der Waals surface area contributed by atoms with Crippen LogP contribution in [0.1, 0.15) is 6.92 Å². The molecule has 1 heterocycles. The molecule has 1 rings (SSSR count). The molecule has 39 valence electrons. The zero-order valence-corrected chi connectivity index (χ0v) is 4.65. The highest BCUT2D eigenvalue weighted by molar-refractivity contribution is 4.93. The van der Waals surface area contributed by atoms with Gasteiger partial charge in [-0.2, -0.15) is 0 Å². The van der Waals surface area contributed by atoms with Gasteiger partial charge in [0.2, 0.25) is 0 Å². The van der Waals surface area contributed by atoms with Crippen LogP contribution in [0.5, 0.6) is 0 Å². The second-order valence-electron chi connectivity index (χ2n) is 1.77. The molecule has 2 heteroatoms. The van der Waals surface area contributed by atoms with Crippen molar-refractivity contribution in [2.75, 3.05) is 13.7 Å². The SMILES string of the molecule is CC1=[C]N(C)CN1. The first-order chi connectivity index (χ1) is 3.29. The van der Waals surface area contributed by atoms with E-state index >= 15 is 0 Å². The quantitative estimate of drug-likeness (QED) is 0.462. The van der Waals surface area contributed by atoms with Crippen LogP contribution in [0.2, 0.25) is 0 Å². The van der Waals surface area contributed by atoms with E-state index in [9.17, 15) is 0 Å². The van der Waals surface area contributed by atoms with E-state index in [0.29, 0.717) is 0 Å². The molecule has 0 saturated heterocycles. The Hall–Kier alpha value is -0.660. The van der Waals surface area contributed by atoms with Crippen LogP contribution in [-0.4, -0.2) is 18.6 Å². The van der Waals surface area contributed by atoms with Crippen molar-refractivity contribution in [2.24, 2.45) is 0 Å². The normalized spacial score (nSPS) is 19.1. The molecule has 0 aliphatic carbocycles. The van der Waals surface area contributed by atoms with Crippen molar-refractivity contribution in [1.29, 1.82) is 0 Å². The van der Waals surface area contributed by atoms with Crippen molar-refractivity contribution in [2.45, 2.75) is 6.92 Å². The van der Waals surface area contributed by atoms with E-state index in [0.717, 1.165) is 12.4 Å². The lowest BCUT2D eigenvalue weighted by molar-refractivity contribution is 0.457. The van der Waals surface area contributed by atoms with Gasteiger partial charge in [0.15, 0.2) is 0 Å². The summed E-state index contributed by atoms with van der Waals surface area (Å²) >= 11 is 0. The van der Waals surface area contributed by atoms with Gasteiger partial charge < -0.3 is 10.2 Å². The molecular weight excluding hydrogens is 88.1 g/mol. The molecule has 7 heavy (non-hydrogen) atoms. The number of hydrogen-bond donors (Lipinski definition) is 1. The van der Waals surface area contributed by atoms with Gasteiger partial charge in [0, 0.05) is 12.7 Å². The highest BCUT2D eigenvalue weighted by Crippen LogP contribution is 1.95. The highest BCUT2D eigenvalue weighted by Gasteiger charge is 2.00. The Labute approximate surface area is 43.8 Å². The van der Waals surface area contributed by atoms with Crippen LogP contribution in [-0.2, 0) is 0 Å². The van der Waals surface area contributed by atoms with Crippen LogP contribution >= 0.6 is 0 Å². The Morgan fingerprint density at radius 3 is 2.71 bits per heavy atom. The van der Waals surface area contributed by atoms with Gasteiger partial charge >= 0.3 is 0 Å². The molecule has 0 aromatic rings. The molecule has 0 amide bonds. The lowest BCUT2D eigenvalue weighted by atomic mass is 10.6. The topological polar surface area (TPSA) is 15.3 Å². The van der Waals surface area contributed by atoms with E-state index in [4.69, 9.17) is 0 Å². The lowest BCUT2D eigenvalue weighted by Crippen LogP contribution is -2.16. The molecule has 1 aliphatic heterocycles. The van der Waals surface area contributed by atoms with Gasteiger partial charge in [-0.3, -0.25) is 0 Å². The van der Waals surface area contributed by atoms with E-state index in [2.05, 4.69) is 11.5 Å². The summed E-state index contributed by atoms with van der Waals surface area (Å²) in [5, 5.41) is 3.10. The molecule has 0 aromatic heterocycles. The molecule has 1 radical (unpaired) electrons. The molecule has 1 aliphatic rings. The van der Waals surface area contributed by atoms with Crippen LogP contribution in [0.3, 0.4) is 0 Å². The molecule has 0 bridgehead atoms. The number of rotatable bonds is 0. The minimum atomic E-state index is 0.909. The van der Waals surface area contributed by atoms with E-state index in [1.54, 1.807) is 0 Å². The summed E-state index contributed by atoms with van der Waals surface area (Å²) in [7, 11) is 1.99. The molecular formula is C5H9N2. The molecule has 0 spiro atoms. The molecule has 1 N–H and O–H groups in total. The monoisotopic (exact) mass is 97.1 g/mol. The fourth-order valence-electron chi connectivity index (χ4n) is 0.603. The first-order valence-electron chi connectivity index (χ1n) is 2.34. The third kappa shape index (κ3) is 0.856. The van der Waals surface area contributed by atoms with Crippen LogP contribution in [0.15, 0.2) is 5.70 Å². The predicted molar refractivity (Wildman–Crippen MR) is 28.2 cm³/mol. The summed E-state index contributed by atoms with van der Waals surface area (Å²) in [6, 6.07) is 0. The zero-order chi connectivity index (χ0) is 5.28. The van der Waals surface area contributed by atoms with Crippen LogP contribution in [0.25, 0.3) is 0 Å². The Kier molecular flexibility index (Phi) is 0.929. The summed E-state index contributed by atoms with van der Waals surface area (Å²) in [5.41, 5.74) is 1.13. The van der Waals surface area contributed by atoms with Crippen LogP contribution < -0.4 is 5.32 Å². The molecule has 0 aromatic carbocycles. The summed E-state index contributed by atoms with van der Waals surface area (Å²) in [5.74, 6) is 0. The average Bonchev–Trinajstić information content (AvgIpc) is 1.87. The minimum absolute atomic E-state index is 0.909. The Balaban J connectivity index is 2.50. The van der Waals surface area contributed by atoms with Crippen molar-refractivity contribution in [3.8, 4) is 0 Å². The maximum absolute atomic E-state index is 3.10. The van der Waals surface area contributed by atoms with E-state index in [1.165, 1.54) is 0 Å². The number of allylic oxidation sites excluding steroid dienone is 1. The van der Waals surface area contributed by atoms with Crippen LogP contribution in [0, 0.1) is 6.20 Å². The Morgan fingerprint density at radius 2 is 2.57 bits per heavy atom. The number of hydrogen-bond acceptors (Lipinski definition) is 2. The van der Waals surface area contributed by atoms with Crippen LogP contribution in [0.4, 0.5) is 0 Å². The van der Waals surface area contributed by atoms with Crippen molar-refractivity contribution in [3.63, 3.8) is 0 Å². The Morgan fingerprint density at radius 1 is 1.86 bits per heavy atom. The lowest BCUT2D eigenvalue weighted by Gasteiger charge is -2.01.